The standard InChI is InChI=1S/2C23H28BN3O.C22H28BN3O2/c2*1-23-10-14-8-15(11-23)20(16(9-14)12-23)22-21-17-4-2-5-19(17)25-13-18(21)24-27(26-22)6-3-7-28-24;1-12(2)26-23(28)17-11-24-18-5-3-4-16(18)20(17)21(25-26)19-14-6-13-7-15(19)10-22(27,8-13)9-14/h2*2,4,13-16,20H,3,5-12H2,1H3;3-4,11-15,19,27-28H,5-10H2,1-2H3/t2*14?,15-,16+,20?,23?;13?,14-,15+,19?,22?. The molecule has 2 N–H and O–H groups in total. The Hall–Kier alpha value is -4.89. The minimum Gasteiger partial charge on any atom is -0.428 e. The van der Waals surface area contributed by atoms with E-state index in [1.54, 1.807) is 0 Å². The van der Waals surface area contributed by atoms with Crippen molar-refractivity contribution in [3.63, 3.8) is 0 Å². The van der Waals surface area contributed by atoms with Gasteiger partial charge < -0.3 is 34.2 Å². The average Bonchev–Trinajstić information content (AvgIpc) is 1.03. The monoisotopic (exact) mass is 1120 g/mol. The van der Waals surface area contributed by atoms with Gasteiger partial charge in [-0.1, -0.05) is 50.3 Å². The van der Waals surface area contributed by atoms with E-state index in [4.69, 9.17) is 34.6 Å². The van der Waals surface area contributed by atoms with Gasteiger partial charge in [0.1, 0.15) is 0 Å². The Morgan fingerprint density at radius 2 is 0.893 bits per heavy atom. The lowest BCUT2D eigenvalue weighted by Gasteiger charge is -2.59. The molecule has 12 saturated carbocycles. The zero-order chi connectivity index (χ0) is 56.1. The summed E-state index contributed by atoms with van der Waals surface area (Å²) in [6.45, 7) is 12.9. The Morgan fingerprint density at radius 3 is 1.30 bits per heavy atom. The van der Waals surface area contributed by atoms with Crippen molar-refractivity contribution in [1.29, 1.82) is 0 Å². The highest BCUT2D eigenvalue weighted by Crippen LogP contribution is 2.65. The Labute approximate surface area is 498 Å². The van der Waals surface area contributed by atoms with Crippen LogP contribution in [0, 0.1) is 81.8 Å². The predicted molar refractivity (Wildman–Crippen MR) is 333 cm³/mol. The highest BCUT2D eigenvalue weighted by Gasteiger charge is 2.60. The fraction of sp³-hybridized carbons (Fsp3) is 0.647. The van der Waals surface area contributed by atoms with E-state index in [1.807, 2.05) is 11.1 Å². The molecule has 0 spiro atoms. The minimum atomic E-state index is -0.744. The van der Waals surface area contributed by atoms with Crippen LogP contribution in [-0.4, -0.2) is 116 Å². The number of nitrogens with zero attached hydrogens (tertiary/aromatic N) is 9. The molecule has 3 aromatic rings. The van der Waals surface area contributed by atoms with Crippen molar-refractivity contribution in [1.82, 2.24) is 29.7 Å². The van der Waals surface area contributed by atoms with Gasteiger partial charge in [0.05, 0.1) is 39.8 Å². The van der Waals surface area contributed by atoms with E-state index < -0.39 is 12.7 Å². The minimum absolute atomic E-state index is 0.0337. The number of aliphatic hydroxyl groups is 1. The van der Waals surface area contributed by atoms with Crippen LogP contribution in [0.5, 0.6) is 0 Å². The SMILES string of the molecule is CC(C)N1N=C(C2[C@@H]3CC4C[C@H]2CC(O)(C4)C3)c2c(cnc3c2C=CC3)B1O.CC12CC3C[C@H](C1)C(C1=NN4CCCOB4c4cnc5c(c41)C=CC5)[C@@H](C3)C2.CC12CC3C[C@H](C1)C(C1=NN4CCCOB4c4cnc5c(c41)C=CC5)[C@@H](C3)C2. The summed E-state index contributed by atoms with van der Waals surface area (Å²) in [5, 5.41) is 37.9. The first kappa shape index (κ1) is 52.3. The van der Waals surface area contributed by atoms with E-state index in [9.17, 15) is 10.1 Å². The van der Waals surface area contributed by atoms with Gasteiger partial charge >= 0.3 is 21.2 Å². The van der Waals surface area contributed by atoms with Crippen LogP contribution in [0.25, 0.3) is 18.2 Å². The first-order chi connectivity index (χ1) is 40.8. The molecule has 2 saturated heterocycles. The van der Waals surface area contributed by atoms with Crippen LogP contribution in [0.1, 0.15) is 187 Å². The molecule has 15 aliphatic carbocycles. The molecule has 23 rings (SSSR count). The van der Waals surface area contributed by atoms with Crippen molar-refractivity contribution < 1.29 is 19.4 Å². The average molecular weight is 1120 g/mol. The van der Waals surface area contributed by atoms with Crippen molar-refractivity contribution >= 4 is 72.9 Å². The van der Waals surface area contributed by atoms with E-state index in [1.165, 1.54) is 133 Å². The second-order valence-corrected chi connectivity index (χ2v) is 31.3. The van der Waals surface area contributed by atoms with Crippen LogP contribution < -0.4 is 16.4 Å². The number of aromatic nitrogens is 3. The second-order valence-electron chi connectivity index (χ2n) is 31.3. The van der Waals surface area contributed by atoms with Crippen molar-refractivity contribution in [3.05, 3.63) is 87.3 Å². The summed E-state index contributed by atoms with van der Waals surface area (Å²) in [6, 6.07) is 0.114. The van der Waals surface area contributed by atoms with Gasteiger partial charge in [-0.25, -0.2) is 0 Å². The van der Waals surface area contributed by atoms with Gasteiger partial charge in [-0.2, -0.15) is 15.3 Å². The number of rotatable bonds is 4. The molecular weight excluding hydrogens is 1040 g/mol. The zero-order valence-electron chi connectivity index (χ0n) is 50.1. The molecule has 8 heterocycles. The summed E-state index contributed by atoms with van der Waals surface area (Å²) < 4.78 is 12.4. The van der Waals surface area contributed by atoms with Crippen LogP contribution in [0.15, 0.2) is 52.1 Å². The summed E-state index contributed by atoms with van der Waals surface area (Å²) in [7, 11) is -0.811. The maximum Gasteiger partial charge on any atom is 0.471 e. The van der Waals surface area contributed by atoms with Gasteiger partial charge in [0, 0.05) is 138 Å². The van der Waals surface area contributed by atoms with E-state index in [2.05, 4.69) is 91.4 Å². The maximum atomic E-state index is 11.0. The summed E-state index contributed by atoms with van der Waals surface area (Å²) in [4.78, 5) is 20.6. The fourth-order valence-corrected chi connectivity index (χ4v) is 23.0. The molecule has 13 nitrogen and oxygen atoms in total. The molecule has 84 heavy (non-hydrogen) atoms. The third-order valence-corrected chi connectivity index (χ3v) is 25.0. The molecule has 434 valence electrons. The van der Waals surface area contributed by atoms with Crippen LogP contribution in [0.3, 0.4) is 0 Å². The van der Waals surface area contributed by atoms with E-state index in [0.29, 0.717) is 46.3 Å². The number of hydrazone groups is 3. The molecule has 14 fully saturated rings. The smallest absolute Gasteiger partial charge is 0.428 e. The van der Waals surface area contributed by atoms with Gasteiger partial charge in [-0.05, 0) is 187 Å². The molecule has 0 amide bonds. The lowest BCUT2D eigenvalue weighted by Crippen LogP contribution is -2.60. The fourth-order valence-electron chi connectivity index (χ4n) is 23.0. The van der Waals surface area contributed by atoms with E-state index in [-0.39, 0.29) is 20.1 Å². The maximum absolute atomic E-state index is 11.0. The van der Waals surface area contributed by atoms with Gasteiger partial charge in [-0.3, -0.25) is 15.0 Å². The molecule has 3 aromatic heterocycles. The van der Waals surface area contributed by atoms with Crippen LogP contribution in [0.4, 0.5) is 0 Å². The molecule has 15 atom stereocenters. The summed E-state index contributed by atoms with van der Waals surface area (Å²) in [6.07, 6.45) is 44.0. The van der Waals surface area contributed by atoms with E-state index >= 15 is 0 Å². The Bertz CT molecular complexity index is 3270. The van der Waals surface area contributed by atoms with Crippen molar-refractivity contribution in [2.75, 3.05) is 26.3 Å². The lowest BCUT2D eigenvalue weighted by atomic mass is 9.45. The van der Waals surface area contributed by atoms with Crippen LogP contribution in [-0.2, 0) is 28.6 Å². The van der Waals surface area contributed by atoms with Crippen LogP contribution >= 0.6 is 0 Å². The normalized spacial score (nSPS) is 39.0. The Balaban J connectivity index is 0.0000000959. The first-order valence-electron chi connectivity index (χ1n) is 33.6. The summed E-state index contributed by atoms with van der Waals surface area (Å²) in [5.41, 5.74) is 19.4. The van der Waals surface area contributed by atoms with Crippen molar-refractivity contribution in [2.24, 2.45) is 97.1 Å². The third kappa shape index (κ3) is 8.08. The molecule has 12 bridgehead atoms. The third-order valence-electron chi connectivity index (χ3n) is 25.0. The van der Waals surface area contributed by atoms with E-state index in [0.717, 1.165) is 141 Å². The molecule has 0 radical (unpaired) electrons. The summed E-state index contributed by atoms with van der Waals surface area (Å²) in [5.74, 6) is 8.54. The van der Waals surface area contributed by atoms with Crippen molar-refractivity contribution in [3.8, 4) is 0 Å². The lowest BCUT2D eigenvalue weighted by molar-refractivity contribution is -0.138. The highest BCUT2D eigenvalue weighted by atomic mass is 16.5. The Morgan fingerprint density at radius 1 is 0.512 bits per heavy atom. The van der Waals surface area contributed by atoms with Gasteiger partial charge in [-0.15, -0.1) is 0 Å². The number of pyridine rings is 3. The first-order valence-corrected chi connectivity index (χ1v) is 33.6. The molecule has 0 aromatic carbocycles. The Kier molecular flexibility index (Phi) is 11.9. The highest BCUT2D eigenvalue weighted by molar-refractivity contribution is 6.68. The molecule has 9 unspecified atom stereocenters. The van der Waals surface area contributed by atoms with Crippen molar-refractivity contribution in [2.45, 2.75) is 168 Å². The molecular formula is C68H84B3N9O4. The molecule has 5 aliphatic heterocycles. The molecule has 20 aliphatic rings. The predicted octanol–water partition coefficient (Wildman–Crippen LogP) is 8.45. The number of allylic oxidation sites excluding steroid dienone is 3. The summed E-state index contributed by atoms with van der Waals surface area (Å²) >= 11 is 0. The number of hydrogen-bond acceptors (Lipinski definition) is 13. The van der Waals surface area contributed by atoms with Gasteiger partial charge in [0.25, 0.3) is 0 Å². The number of fused-ring (bicyclic) bond motifs is 13. The zero-order valence-corrected chi connectivity index (χ0v) is 50.1. The van der Waals surface area contributed by atoms with Gasteiger partial charge in [0.15, 0.2) is 0 Å². The quantitative estimate of drug-likeness (QED) is 0.245. The molecule has 16 heteroatoms. The largest absolute Gasteiger partial charge is 0.471 e. The second kappa shape index (κ2) is 19.1. The number of hydrogen-bond donors (Lipinski definition) is 2. The van der Waals surface area contributed by atoms with Gasteiger partial charge in [0.2, 0.25) is 0 Å². The van der Waals surface area contributed by atoms with Crippen LogP contribution in [0.2, 0.25) is 0 Å². The topological polar surface area (TPSA) is 144 Å².